The van der Waals surface area contributed by atoms with E-state index in [9.17, 15) is 5.11 Å². The molecule has 1 fully saturated rings. The van der Waals surface area contributed by atoms with Gasteiger partial charge < -0.3 is 5.11 Å². The van der Waals surface area contributed by atoms with E-state index in [1.54, 1.807) is 0 Å². The predicted molar refractivity (Wildman–Crippen MR) is 54.4 cm³/mol. The van der Waals surface area contributed by atoms with Crippen LogP contribution < -0.4 is 0 Å². The fraction of sp³-hybridized carbons (Fsp3) is 0.833. The third kappa shape index (κ3) is 1.03. The number of hydrogen-bond donors (Lipinski definition) is 1. The number of aliphatic hydroxyl groups excluding tert-OH is 1. The van der Waals surface area contributed by atoms with Gasteiger partial charge in [0.1, 0.15) is 0 Å². The number of aliphatic hydroxyl groups is 1. The molecule has 0 aromatic heterocycles. The van der Waals surface area contributed by atoms with Crippen molar-refractivity contribution in [3.63, 3.8) is 0 Å². The molecule has 0 aromatic carbocycles. The summed E-state index contributed by atoms with van der Waals surface area (Å²) < 4.78 is 0. The summed E-state index contributed by atoms with van der Waals surface area (Å²) in [5.41, 5.74) is 0.512. The van der Waals surface area contributed by atoms with Gasteiger partial charge in [0, 0.05) is 5.41 Å². The van der Waals surface area contributed by atoms with E-state index in [1.165, 1.54) is 6.42 Å². The monoisotopic (exact) mass is 180 g/mol. The van der Waals surface area contributed by atoms with E-state index in [2.05, 4.69) is 32.9 Å². The zero-order chi connectivity index (χ0) is 9.69. The van der Waals surface area contributed by atoms with E-state index in [-0.39, 0.29) is 11.5 Å². The Morgan fingerprint density at radius 3 is 2.77 bits per heavy atom. The molecule has 74 valence electrons. The Bertz CT molecular complexity index is 242. The minimum atomic E-state index is -0.0996. The lowest BCUT2D eigenvalue weighted by Gasteiger charge is -2.39. The van der Waals surface area contributed by atoms with Crippen LogP contribution in [0.3, 0.4) is 0 Å². The van der Waals surface area contributed by atoms with E-state index in [0.717, 1.165) is 12.8 Å². The molecule has 0 amide bonds. The molecule has 0 radical (unpaired) electrons. The predicted octanol–water partition coefficient (Wildman–Crippen LogP) is 2.75. The number of allylic oxidation sites excluding steroid dienone is 1. The van der Waals surface area contributed by atoms with Crippen LogP contribution in [0.25, 0.3) is 0 Å². The molecule has 0 saturated heterocycles. The van der Waals surface area contributed by atoms with Gasteiger partial charge in [0.2, 0.25) is 0 Å². The summed E-state index contributed by atoms with van der Waals surface area (Å²) in [6, 6.07) is 0. The molecule has 1 N–H and O–H groups in total. The molecular formula is C12H20O. The van der Waals surface area contributed by atoms with Gasteiger partial charge in [-0.2, -0.15) is 0 Å². The summed E-state index contributed by atoms with van der Waals surface area (Å²) in [7, 11) is 0. The summed E-state index contributed by atoms with van der Waals surface area (Å²) in [6.45, 7) is 6.83. The second kappa shape index (κ2) is 2.60. The van der Waals surface area contributed by atoms with Gasteiger partial charge in [-0.05, 0) is 24.2 Å². The van der Waals surface area contributed by atoms with Crippen molar-refractivity contribution in [2.45, 2.75) is 46.1 Å². The maximum Gasteiger partial charge on any atom is 0.0641 e. The van der Waals surface area contributed by atoms with Gasteiger partial charge in [0.25, 0.3) is 0 Å². The largest absolute Gasteiger partial charge is 0.392 e. The lowest BCUT2D eigenvalue weighted by molar-refractivity contribution is 0.00224. The van der Waals surface area contributed by atoms with Crippen molar-refractivity contribution in [1.82, 2.24) is 0 Å². The number of rotatable bonds is 2. The molecule has 0 heterocycles. The lowest BCUT2D eigenvalue weighted by Crippen LogP contribution is -2.38. The summed E-state index contributed by atoms with van der Waals surface area (Å²) in [4.78, 5) is 0. The van der Waals surface area contributed by atoms with Crippen LogP contribution in [0.1, 0.15) is 40.0 Å². The van der Waals surface area contributed by atoms with Crippen molar-refractivity contribution in [3.8, 4) is 0 Å². The molecular weight excluding hydrogens is 160 g/mol. The van der Waals surface area contributed by atoms with Crippen LogP contribution in [0, 0.1) is 16.7 Å². The molecule has 3 atom stereocenters. The molecule has 13 heavy (non-hydrogen) atoms. The van der Waals surface area contributed by atoms with Crippen LogP contribution >= 0.6 is 0 Å². The Kier molecular flexibility index (Phi) is 1.85. The van der Waals surface area contributed by atoms with Crippen LogP contribution in [0.4, 0.5) is 0 Å². The van der Waals surface area contributed by atoms with E-state index >= 15 is 0 Å². The van der Waals surface area contributed by atoms with E-state index in [0.29, 0.717) is 11.3 Å². The number of fused-ring (bicyclic) bond motifs is 1. The molecule has 2 rings (SSSR count). The van der Waals surface area contributed by atoms with E-state index < -0.39 is 0 Å². The van der Waals surface area contributed by atoms with Crippen molar-refractivity contribution < 1.29 is 5.11 Å². The van der Waals surface area contributed by atoms with Crippen LogP contribution in [-0.2, 0) is 0 Å². The topological polar surface area (TPSA) is 20.2 Å². The molecule has 2 aliphatic rings. The molecule has 2 aliphatic carbocycles. The van der Waals surface area contributed by atoms with Crippen LogP contribution in [0.5, 0.6) is 0 Å². The maximum absolute atomic E-state index is 10.1. The summed E-state index contributed by atoms with van der Waals surface area (Å²) in [5, 5.41) is 10.1. The van der Waals surface area contributed by atoms with Crippen LogP contribution in [0.2, 0.25) is 0 Å². The van der Waals surface area contributed by atoms with Gasteiger partial charge >= 0.3 is 0 Å². The first-order valence-electron chi connectivity index (χ1n) is 5.39. The Balaban J connectivity index is 2.28. The van der Waals surface area contributed by atoms with E-state index in [1.807, 2.05) is 0 Å². The summed E-state index contributed by atoms with van der Waals surface area (Å²) in [6.07, 6.45) is 7.58. The van der Waals surface area contributed by atoms with Gasteiger partial charge in [0.05, 0.1) is 6.10 Å². The molecule has 1 nitrogen and oxygen atoms in total. The molecule has 3 unspecified atom stereocenters. The lowest BCUT2D eigenvalue weighted by atomic mass is 9.67. The van der Waals surface area contributed by atoms with Gasteiger partial charge in [-0.3, -0.25) is 0 Å². The average Bonchev–Trinajstić information content (AvgIpc) is 2.82. The third-order valence-corrected chi connectivity index (χ3v) is 4.53. The highest BCUT2D eigenvalue weighted by Gasteiger charge is 2.65. The van der Waals surface area contributed by atoms with Crippen LogP contribution in [0.15, 0.2) is 12.2 Å². The smallest absolute Gasteiger partial charge is 0.0641 e. The molecule has 1 saturated carbocycles. The minimum absolute atomic E-state index is 0.0996. The normalized spacial score (nSPS) is 43.1. The van der Waals surface area contributed by atoms with Gasteiger partial charge in [-0.1, -0.05) is 39.3 Å². The fourth-order valence-corrected chi connectivity index (χ4v) is 3.07. The Morgan fingerprint density at radius 2 is 2.23 bits per heavy atom. The third-order valence-electron chi connectivity index (χ3n) is 4.53. The molecule has 0 spiro atoms. The SMILES string of the molecule is CCC(C)(C)C12CC1C=CCC2O. The van der Waals surface area contributed by atoms with Gasteiger partial charge in [-0.15, -0.1) is 0 Å². The number of hydrogen-bond acceptors (Lipinski definition) is 1. The quantitative estimate of drug-likeness (QED) is 0.648. The first-order chi connectivity index (χ1) is 6.04. The highest BCUT2D eigenvalue weighted by atomic mass is 16.3. The molecule has 0 bridgehead atoms. The molecule has 0 aliphatic heterocycles. The summed E-state index contributed by atoms with van der Waals surface area (Å²) >= 11 is 0. The highest BCUT2D eigenvalue weighted by Crippen LogP contribution is 2.68. The van der Waals surface area contributed by atoms with E-state index in [4.69, 9.17) is 0 Å². The molecule has 0 aromatic rings. The molecule has 1 heteroatoms. The zero-order valence-corrected chi connectivity index (χ0v) is 8.88. The maximum atomic E-state index is 10.1. The van der Waals surface area contributed by atoms with Crippen molar-refractivity contribution in [3.05, 3.63) is 12.2 Å². The average molecular weight is 180 g/mol. The highest BCUT2D eigenvalue weighted by molar-refractivity contribution is 5.23. The standard InChI is InChI=1S/C12H20O/c1-4-11(2,3)12-8-9(12)6-5-7-10(12)13/h5-6,9-10,13H,4,7-8H2,1-3H3. The van der Waals surface area contributed by atoms with Gasteiger partial charge in [-0.25, -0.2) is 0 Å². The van der Waals surface area contributed by atoms with Crippen molar-refractivity contribution >= 4 is 0 Å². The Hall–Kier alpha value is -0.300. The van der Waals surface area contributed by atoms with Crippen molar-refractivity contribution in [2.24, 2.45) is 16.7 Å². The first kappa shape index (κ1) is 9.26. The first-order valence-corrected chi connectivity index (χ1v) is 5.39. The Labute approximate surface area is 80.8 Å². The Morgan fingerprint density at radius 1 is 1.54 bits per heavy atom. The zero-order valence-electron chi connectivity index (χ0n) is 8.88. The van der Waals surface area contributed by atoms with Crippen molar-refractivity contribution in [2.75, 3.05) is 0 Å². The summed E-state index contributed by atoms with van der Waals surface area (Å²) in [5.74, 6) is 0.659. The second-order valence-corrected chi connectivity index (χ2v) is 5.27. The minimum Gasteiger partial charge on any atom is -0.392 e. The van der Waals surface area contributed by atoms with Crippen LogP contribution in [-0.4, -0.2) is 11.2 Å². The second-order valence-electron chi connectivity index (χ2n) is 5.27. The fourth-order valence-electron chi connectivity index (χ4n) is 3.07. The van der Waals surface area contributed by atoms with Gasteiger partial charge in [0.15, 0.2) is 0 Å². The van der Waals surface area contributed by atoms with Crippen molar-refractivity contribution in [1.29, 1.82) is 0 Å².